The van der Waals surface area contributed by atoms with E-state index in [1.807, 2.05) is 0 Å². The highest BCUT2D eigenvalue weighted by atomic mass is 16.1. The highest BCUT2D eigenvalue weighted by Gasteiger charge is 2.67. The fourth-order valence-electron chi connectivity index (χ4n) is 3.31. The monoisotopic (exact) mass is 150 g/mol. The molecule has 0 aliphatic heterocycles. The standard InChI is InChI=1S/C10H14O/c11-9-7-3-1-2-4-8(7)10(9)5-6-10/h7-8H,1-6H2. The number of fused-ring (bicyclic) bond motifs is 2. The van der Waals surface area contributed by atoms with Gasteiger partial charge in [-0.3, -0.25) is 4.79 Å². The van der Waals surface area contributed by atoms with Gasteiger partial charge in [0, 0.05) is 11.3 Å². The van der Waals surface area contributed by atoms with Crippen LogP contribution in [0.5, 0.6) is 0 Å². The predicted molar refractivity (Wildman–Crippen MR) is 42.1 cm³/mol. The van der Waals surface area contributed by atoms with Gasteiger partial charge in [-0.1, -0.05) is 12.8 Å². The molecule has 1 nitrogen and oxygen atoms in total. The second-order valence-electron chi connectivity index (χ2n) is 4.52. The summed E-state index contributed by atoms with van der Waals surface area (Å²) in [6, 6.07) is 0. The Bertz CT molecular complexity index is 215. The molecule has 0 aromatic rings. The lowest BCUT2D eigenvalue weighted by Crippen LogP contribution is -2.50. The average molecular weight is 150 g/mol. The van der Waals surface area contributed by atoms with Crippen LogP contribution in [0.3, 0.4) is 0 Å². The molecule has 3 aliphatic rings. The van der Waals surface area contributed by atoms with Crippen LogP contribution in [0.15, 0.2) is 0 Å². The van der Waals surface area contributed by atoms with Gasteiger partial charge in [0.2, 0.25) is 0 Å². The van der Waals surface area contributed by atoms with Crippen molar-refractivity contribution >= 4 is 5.78 Å². The quantitative estimate of drug-likeness (QED) is 0.517. The van der Waals surface area contributed by atoms with Crippen LogP contribution in [0.1, 0.15) is 38.5 Å². The molecule has 2 unspecified atom stereocenters. The van der Waals surface area contributed by atoms with Crippen molar-refractivity contribution in [3.05, 3.63) is 0 Å². The van der Waals surface area contributed by atoms with Crippen LogP contribution in [0.25, 0.3) is 0 Å². The summed E-state index contributed by atoms with van der Waals surface area (Å²) in [7, 11) is 0. The van der Waals surface area contributed by atoms with Gasteiger partial charge in [-0.2, -0.15) is 0 Å². The van der Waals surface area contributed by atoms with E-state index < -0.39 is 0 Å². The number of rotatable bonds is 0. The van der Waals surface area contributed by atoms with Crippen molar-refractivity contribution in [3.63, 3.8) is 0 Å². The molecule has 0 aromatic heterocycles. The lowest BCUT2D eigenvalue weighted by molar-refractivity contribution is -0.149. The van der Waals surface area contributed by atoms with E-state index in [1.54, 1.807) is 0 Å². The zero-order valence-corrected chi connectivity index (χ0v) is 6.81. The van der Waals surface area contributed by atoms with E-state index in [4.69, 9.17) is 0 Å². The van der Waals surface area contributed by atoms with Gasteiger partial charge in [-0.15, -0.1) is 0 Å². The summed E-state index contributed by atoms with van der Waals surface area (Å²) in [6.07, 6.45) is 7.72. The fraction of sp³-hybridized carbons (Fsp3) is 0.900. The molecule has 11 heavy (non-hydrogen) atoms. The van der Waals surface area contributed by atoms with E-state index >= 15 is 0 Å². The van der Waals surface area contributed by atoms with Crippen molar-refractivity contribution in [2.75, 3.05) is 0 Å². The molecule has 3 saturated carbocycles. The molecule has 0 aromatic carbocycles. The van der Waals surface area contributed by atoms with E-state index in [0.29, 0.717) is 11.7 Å². The van der Waals surface area contributed by atoms with Gasteiger partial charge >= 0.3 is 0 Å². The molecular formula is C10H14O. The third kappa shape index (κ3) is 0.567. The van der Waals surface area contributed by atoms with E-state index in [9.17, 15) is 4.79 Å². The third-order valence-corrected chi connectivity index (χ3v) is 4.09. The first-order valence-corrected chi connectivity index (χ1v) is 4.89. The normalized spacial score (nSPS) is 44.9. The largest absolute Gasteiger partial charge is 0.299 e. The van der Waals surface area contributed by atoms with Crippen LogP contribution in [0.2, 0.25) is 0 Å². The highest BCUT2D eigenvalue weighted by molar-refractivity contribution is 5.96. The van der Waals surface area contributed by atoms with Gasteiger partial charge in [-0.05, 0) is 31.6 Å². The number of hydrogen-bond donors (Lipinski definition) is 0. The average Bonchev–Trinajstić information content (AvgIpc) is 2.85. The van der Waals surface area contributed by atoms with E-state index in [0.717, 1.165) is 5.92 Å². The molecule has 0 N–H and O–H groups in total. The Morgan fingerprint density at radius 1 is 1.18 bits per heavy atom. The maximum absolute atomic E-state index is 11.6. The Morgan fingerprint density at radius 2 is 1.91 bits per heavy atom. The zero-order chi connectivity index (χ0) is 7.47. The minimum atomic E-state index is 0.283. The van der Waals surface area contributed by atoms with E-state index in [2.05, 4.69) is 0 Å². The Morgan fingerprint density at radius 3 is 2.64 bits per heavy atom. The second kappa shape index (κ2) is 1.70. The zero-order valence-electron chi connectivity index (χ0n) is 6.81. The summed E-state index contributed by atoms with van der Waals surface area (Å²) in [4.78, 5) is 11.6. The summed E-state index contributed by atoms with van der Waals surface area (Å²) in [5.41, 5.74) is 0.283. The molecule has 0 heterocycles. The van der Waals surface area contributed by atoms with E-state index in [-0.39, 0.29) is 5.41 Å². The van der Waals surface area contributed by atoms with Crippen molar-refractivity contribution in [1.29, 1.82) is 0 Å². The lowest BCUT2D eigenvalue weighted by atomic mass is 9.55. The van der Waals surface area contributed by atoms with Crippen LogP contribution in [0.4, 0.5) is 0 Å². The number of Topliss-reactive ketones (excluding diaryl/α,β-unsaturated/α-hetero) is 1. The maximum Gasteiger partial charge on any atom is 0.142 e. The molecule has 0 bridgehead atoms. The first-order valence-electron chi connectivity index (χ1n) is 4.89. The Balaban J connectivity index is 1.87. The second-order valence-corrected chi connectivity index (χ2v) is 4.52. The van der Waals surface area contributed by atoms with Crippen LogP contribution in [0, 0.1) is 17.3 Å². The molecule has 0 saturated heterocycles. The van der Waals surface area contributed by atoms with Gasteiger partial charge < -0.3 is 0 Å². The van der Waals surface area contributed by atoms with Crippen molar-refractivity contribution in [1.82, 2.24) is 0 Å². The molecular weight excluding hydrogens is 136 g/mol. The summed E-state index contributed by atoms with van der Waals surface area (Å²) >= 11 is 0. The summed E-state index contributed by atoms with van der Waals surface area (Å²) in [6.45, 7) is 0. The predicted octanol–water partition coefficient (Wildman–Crippen LogP) is 2.16. The van der Waals surface area contributed by atoms with Crippen LogP contribution >= 0.6 is 0 Å². The number of ketones is 1. The highest BCUT2D eigenvalue weighted by Crippen LogP contribution is 2.67. The van der Waals surface area contributed by atoms with Crippen LogP contribution < -0.4 is 0 Å². The first-order chi connectivity index (χ1) is 5.34. The number of hydrogen-bond acceptors (Lipinski definition) is 1. The Labute approximate surface area is 67.2 Å². The number of carbonyl (C=O) groups excluding carboxylic acids is 1. The molecule has 3 aliphatic carbocycles. The lowest BCUT2D eigenvalue weighted by Gasteiger charge is -2.47. The SMILES string of the molecule is O=C1C2CCCCC2C12CC2. The fourth-order valence-corrected chi connectivity index (χ4v) is 3.31. The summed E-state index contributed by atoms with van der Waals surface area (Å²) in [5.74, 6) is 2.00. The molecule has 2 atom stereocenters. The molecule has 1 spiro atoms. The van der Waals surface area contributed by atoms with Crippen molar-refractivity contribution in [2.24, 2.45) is 17.3 Å². The molecule has 3 fully saturated rings. The minimum absolute atomic E-state index is 0.283. The summed E-state index contributed by atoms with van der Waals surface area (Å²) in [5, 5.41) is 0. The van der Waals surface area contributed by atoms with Crippen LogP contribution in [-0.4, -0.2) is 5.78 Å². The first kappa shape index (κ1) is 6.22. The molecule has 0 radical (unpaired) electrons. The smallest absolute Gasteiger partial charge is 0.142 e. The maximum atomic E-state index is 11.6. The molecule has 60 valence electrons. The number of carbonyl (C=O) groups is 1. The van der Waals surface area contributed by atoms with Gasteiger partial charge in [0.15, 0.2) is 0 Å². The molecule has 3 rings (SSSR count). The minimum Gasteiger partial charge on any atom is -0.299 e. The van der Waals surface area contributed by atoms with Gasteiger partial charge in [0.25, 0.3) is 0 Å². The Hall–Kier alpha value is -0.330. The Kier molecular flexibility index (Phi) is 0.961. The van der Waals surface area contributed by atoms with Gasteiger partial charge in [-0.25, -0.2) is 0 Å². The van der Waals surface area contributed by atoms with Crippen LogP contribution in [-0.2, 0) is 4.79 Å². The van der Waals surface area contributed by atoms with Crippen molar-refractivity contribution in [3.8, 4) is 0 Å². The molecule has 0 amide bonds. The van der Waals surface area contributed by atoms with Crippen molar-refractivity contribution < 1.29 is 4.79 Å². The topological polar surface area (TPSA) is 17.1 Å². The van der Waals surface area contributed by atoms with Crippen molar-refractivity contribution in [2.45, 2.75) is 38.5 Å². The van der Waals surface area contributed by atoms with Gasteiger partial charge in [0.05, 0.1) is 0 Å². The van der Waals surface area contributed by atoms with Gasteiger partial charge in [0.1, 0.15) is 5.78 Å². The molecule has 1 heteroatoms. The summed E-state index contributed by atoms with van der Waals surface area (Å²) < 4.78 is 0. The van der Waals surface area contributed by atoms with E-state index in [1.165, 1.54) is 38.5 Å². The third-order valence-electron chi connectivity index (χ3n) is 4.09.